The molecule has 0 aliphatic heterocycles. The lowest BCUT2D eigenvalue weighted by molar-refractivity contribution is -0.149. The summed E-state index contributed by atoms with van der Waals surface area (Å²) in [6, 6.07) is -0.608. The predicted molar refractivity (Wildman–Crippen MR) is 53.2 cm³/mol. The molecule has 0 radical (unpaired) electrons. The Kier molecular flexibility index (Phi) is 4.77. The molecule has 3 amide bonds. The van der Waals surface area contributed by atoms with Crippen molar-refractivity contribution in [2.75, 3.05) is 6.54 Å². The van der Waals surface area contributed by atoms with Gasteiger partial charge in [-0.05, 0) is 20.8 Å². The zero-order valence-electron chi connectivity index (χ0n) is 9.09. The van der Waals surface area contributed by atoms with Gasteiger partial charge in [-0.2, -0.15) is 0 Å². The molecular formula is C9H16N2O4. The van der Waals surface area contributed by atoms with Gasteiger partial charge in [0.25, 0.3) is 0 Å². The summed E-state index contributed by atoms with van der Waals surface area (Å²) in [6.45, 7) is 4.96. The molecule has 0 bridgehead atoms. The van der Waals surface area contributed by atoms with Crippen LogP contribution in [0.15, 0.2) is 0 Å². The number of carbonyl (C=O) groups excluding carboxylic acids is 2. The van der Waals surface area contributed by atoms with E-state index in [9.17, 15) is 14.4 Å². The summed E-state index contributed by atoms with van der Waals surface area (Å²) in [5.74, 6) is -1.68. The average molecular weight is 216 g/mol. The van der Waals surface area contributed by atoms with E-state index in [1.54, 1.807) is 6.92 Å². The summed E-state index contributed by atoms with van der Waals surface area (Å²) < 4.78 is 0. The molecule has 6 nitrogen and oxygen atoms in total. The molecule has 15 heavy (non-hydrogen) atoms. The number of rotatable bonds is 4. The first-order chi connectivity index (χ1) is 6.79. The van der Waals surface area contributed by atoms with E-state index in [1.165, 1.54) is 13.8 Å². The van der Waals surface area contributed by atoms with Crippen LogP contribution in [-0.4, -0.2) is 29.6 Å². The minimum absolute atomic E-state index is 0.237. The van der Waals surface area contributed by atoms with Crippen LogP contribution in [0, 0.1) is 5.41 Å². The normalized spacial score (nSPS) is 10.6. The van der Waals surface area contributed by atoms with Crippen LogP contribution >= 0.6 is 0 Å². The summed E-state index contributed by atoms with van der Waals surface area (Å²) in [5.41, 5.74) is -1.17. The number of urea groups is 1. The van der Waals surface area contributed by atoms with E-state index < -0.39 is 23.3 Å². The monoisotopic (exact) mass is 216 g/mol. The zero-order valence-corrected chi connectivity index (χ0v) is 9.09. The van der Waals surface area contributed by atoms with E-state index in [4.69, 9.17) is 5.11 Å². The van der Waals surface area contributed by atoms with Crippen molar-refractivity contribution in [1.29, 1.82) is 0 Å². The van der Waals surface area contributed by atoms with Crippen molar-refractivity contribution < 1.29 is 19.5 Å². The molecule has 0 aliphatic rings. The Morgan fingerprint density at radius 1 is 1.27 bits per heavy atom. The van der Waals surface area contributed by atoms with Gasteiger partial charge < -0.3 is 10.4 Å². The SMILES string of the molecule is CCNC(=O)NC(=O)CC(C)(C)C(=O)O. The van der Waals surface area contributed by atoms with Crippen LogP contribution in [0.1, 0.15) is 27.2 Å². The molecule has 0 aromatic carbocycles. The van der Waals surface area contributed by atoms with Crippen LogP contribution in [0.2, 0.25) is 0 Å². The summed E-state index contributed by atoms with van der Waals surface area (Å²) in [5, 5.41) is 13.2. The van der Waals surface area contributed by atoms with E-state index in [2.05, 4.69) is 5.32 Å². The number of carboxylic acid groups (broad SMARTS) is 1. The molecule has 0 rings (SSSR count). The number of hydrogen-bond acceptors (Lipinski definition) is 3. The van der Waals surface area contributed by atoms with Crippen molar-refractivity contribution in [1.82, 2.24) is 10.6 Å². The second-order valence-corrected chi connectivity index (χ2v) is 3.77. The average Bonchev–Trinajstić information content (AvgIpc) is 2.02. The van der Waals surface area contributed by atoms with Gasteiger partial charge in [0.15, 0.2) is 0 Å². The Morgan fingerprint density at radius 2 is 1.80 bits per heavy atom. The molecule has 6 heteroatoms. The van der Waals surface area contributed by atoms with E-state index in [-0.39, 0.29) is 6.42 Å². The standard InChI is InChI=1S/C9H16N2O4/c1-4-10-8(15)11-6(12)5-9(2,3)7(13)14/h4-5H2,1-3H3,(H,13,14)(H2,10,11,12,15). The lowest BCUT2D eigenvalue weighted by Crippen LogP contribution is -2.42. The maximum absolute atomic E-state index is 11.2. The lowest BCUT2D eigenvalue weighted by atomic mass is 9.89. The Bertz CT molecular complexity index is 273. The fraction of sp³-hybridized carbons (Fsp3) is 0.667. The number of hydrogen-bond donors (Lipinski definition) is 3. The topological polar surface area (TPSA) is 95.5 Å². The van der Waals surface area contributed by atoms with E-state index in [0.29, 0.717) is 6.54 Å². The molecular weight excluding hydrogens is 200 g/mol. The Labute approximate surface area is 88.0 Å². The van der Waals surface area contributed by atoms with Crippen molar-refractivity contribution in [2.45, 2.75) is 27.2 Å². The number of carbonyl (C=O) groups is 3. The second kappa shape index (κ2) is 5.33. The summed E-state index contributed by atoms with van der Waals surface area (Å²) in [6.07, 6.45) is -0.237. The zero-order chi connectivity index (χ0) is 12.1. The van der Waals surface area contributed by atoms with Crippen LogP contribution < -0.4 is 10.6 Å². The van der Waals surface area contributed by atoms with Crippen LogP contribution in [0.5, 0.6) is 0 Å². The smallest absolute Gasteiger partial charge is 0.321 e. The van der Waals surface area contributed by atoms with Crippen molar-refractivity contribution in [3.63, 3.8) is 0 Å². The minimum atomic E-state index is -1.17. The molecule has 0 heterocycles. The molecule has 0 atom stereocenters. The highest BCUT2D eigenvalue weighted by Crippen LogP contribution is 2.19. The molecule has 0 unspecified atom stereocenters. The third-order valence-corrected chi connectivity index (χ3v) is 1.77. The summed E-state index contributed by atoms with van der Waals surface area (Å²) in [4.78, 5) is 32.8. The van der Waals surface area contributed by atoms with E-state index in [1.807, 2.05) is 5.32 Å². The number of imide groups is 1. The molecule has 0 saturated heterocycles. The van der Waals surface area contributed by atoms with Gasteiger partial charge in [0, 0.05) is 13.0 Å². The van der Waals surface area contributed by atoms with Gasteiger partial charge in [-0.3, -0.25) is 14.9 Å². The molecule has 86 valence electrons. The van der Waals surface area contributed by atoms with Gasteiger partial charge in [0.2, 0.25) is 5.91 Å². The van der Waals surface area contributed by atoms with Crippen molar-refractivity contribution in [3.8, 4) is 0 Å². The minimum Gasteiger partial charge on any atom is -0.481 e. The van der Waals surface area contributed by atoms with Crippen LogP contribution in [-0.2, 0) is 9.59 Å². The van der Waals surface area contributed by atoms with Crippen molar-refractivity contribution >= 4 is 17.9 Å². The largest absolute Gasteiger partial charge is 0.481 e. The lowest BCUT2D eigenvalue weighted by Gasteiger charge is -2.17. The van der Waals surface area contributed by atoms with E-state index in [0.717, 1.165) is 0 Å². The van der Waals surface area contributed by atoms with Gasteiger partial charge in [-0.25, -0.2) is 4.79 Å². The quantitative estimate of drug-likeness (QED) is 0.631. The Morgan fingerprint density at radius 3 is 2.20 bits per heavy atom. The molecule has 0 aliphatic carbocycles. The number of carboxylic acids is 1. The number of amides is 3. The van der Waals surface area contributed by atoms with Crippen molar-refractivity contribution in [3.05, 3.63) is 0 Å². The third-order valence-electron chi connectivity index (χ3n) is 1.77. The van der Waals surface area contributed by atoms with Gasteiger partial charge >= 0.3 is 12.0 Å². The molecule has 0 aromatic heterocycles. The molecule has 0 aromatic rings. The molecule has 0 fully saturated rings. The maximum atomic E-state index is 11.2. The first-order valence-corrected chi connectivity index (χ1v) is 4.60. The first-order valence-electron chi connectivity index (χ1n) is 4.60. The first kappa shape index (κ1) is 13.4. The highest BCUT2D eigenvalue weighted by molar-refractivity contribution is 5.96. The molecule has 0 saturated carbocycles. The third kappa shape index (κ3) is 4.99. The Hall–Kier alpha value is -1.59. The van der Waals surface area contributed by atoms with Gasteiger partial charge in [-0.15, -0.1) is 0 Å². The second-order valence-electron chi connectivity index (χ2n) is 3.77. The van der Waals surface area contributed by atoms with Gasteiger partial charge in [0.05, 0.1) is 5.41 Å². The van der Waals surface area contributed by atoms with Crippen LogP contribution in [0.4, 0.5) is 4.79 Å². The molecule has 0 spiro atoms. The number of nitrogens with one attached hydrogen (secondary N) is 2. The fourth-order valence-corrected chi connectivity index (χ4v) is 0.853. The van der Waals surface area contributed by atoms with Crippen LogP contribution in [0.25, 0.3) is 0 Å². The molecule has 3 N–H and O–H groups in total. The highest BCUT2D eigenvalue weighted by atomic mass is 16.4. The van der Waals surface area contributed by atoms with Gasteiger partial charge in [-0.1, -0.05) is 0 Å². The predicted octanol–water partition coefficient (Wildman–Crippen LogP) is 0.333. The summed E-state index contributed by atoms with van der Waals surface area (Å²) >= 11 is 0. The van der Waals surface area contributed by atoms with Gasteiger partial charge in [0.1, 0.15) is 0 Å². The van der Waals surface area contributed by atoms with E-state index >= 15 is 0 Å². The fourth-order valence-electron chi connectivity index (χ4n) is 0.853. The highest BCUT2D eigenvalue weighted by Gasteiger charge is 2.30. The maximum Gasteiger partial charge on any atom is 0.321 e. The Balaban J connectivity index is 4.15. The van der Waals surface area contributed by atoms with Crippen molar-refractivity contribution in [2.24, 2.45) is 5.41 Å². The van der Waals surface area contributed by atoms with Crippen LogP contribution in [0.3, 0.4) is 0 Å². The summed E-state index contributed by atoms with van der Waals surface area (Å²) in [7, 11) is 0. The number of aliphatic carboxylic acids is 1.